The number of nitrogens with two attached hydrogens (primary N) is 1. The number of piperidine rings is 1. The van der Waals surface area contributed by atoms with E-state index in [0.717, 1.165) is 18.1 Å². The fourth-order valence-corrected chi connectivity index (χ4v) is 2.54. The Balaban J connectivity index is 1.99. The molecule has 0 radical (unpaired) electrons. The van der Waals surface area contributed by atoms with Crippen molar-refractivity contribution in [3.63, 3.8) is 0 Å². The molecule has 0 aromatic carbocycles. The Hall–Kier alpha value is -0.450. The van der Waals surface area contributed by atoms with Gasteiger partial charge in [0, 0.05) is 11.6 Å². The first-order valence-electron chi connectivity index (χ1n) is 4.73. The van der Waals surface area contributed by atoms with E-state index in [2.05, 4.69) is 10.3 Å². The summed E-state index contributed by atoms with van der Waals surface area (Å²) in [6, 6.07) is 0.155. The number of hydrogen-bond donors (Lipinski definition) is 2. The van der Waals surface area contributed by atoms with E-state index in [9.17, 15) is 0 Å². The minimum Gasteiger partial charge on any atom is -0.322 e. The molecule has 2 rings (SSSR count). The van der Waals surface area contributed by atoms with Crippen molar-refractivity contribution in [3.8, 4) is 0 Å². The lowest BCUT2D eigenvalue weighted by Crippen LogP contribution is -2.33. The van der Waals surface area contributed by atoms with Gasteiger partial charge in [0.25, 0.3) is 0 Å². The van der Waals surface area contributed by atoms with Crippen LogP contribution in [0.5, 0.6) is 0 Å². The molecule has 0 amide bonds. The lowest BCUT2D eigenvalue weighted by molar-refractivity contribution is 0.321. The normalized spacial score (nSPS) is 21.6. The van der Waals surface area contributed by atoms with Crippen LogP contribution >= 0.6 is 11.3 Å². The van der Waals surface area contributed by atoms with Crippen molar-refractivity contribution in [2.24, 2.45) is 11.7 Å². The molecule has 0 bridgehead atoms. The summed E-state index contributed by atoms with van der Waals surface area (Å²) in [7, 11) is 0. The maximum atomic E-state index is 6.13. The maximum Gasteiger partial charge on any atom is 0.110 e. The SMILES string of the molecule is NC(c1nccs1)C1CCNCC1. The van der Waals surface area contributed by atoms with Crippen molar-refractivity contribution in [2.45, 2.75) is 18.9 Å². The van der Waals surface area contributed by atoms with Gasteiger partial charge >= 0.3 is 0 Å². The molecule has 1 saturated heterocycles. The first kappa shape index (κ1) is 9.12. The van der Waals surface area contributed by atoms with Crippen molar-refractivity contribution in [2.75, 3.05) is 13.1 Å². The molecule has 13 heavy (non-hydrogen) atoms. The number of thiazole rings is 1. The molecule has 1 aliphatic rings. The van der Waals surface area contributed by atoms with Gasteiger partial charge in [-0.15, -0.1) is 11.3 Å². The van der Waals surface area contributed by atoms with Gasteiger partial charge in [-0.25, -0.2) is 4.98 Å². The van der Waals surface area contributed by atoms with Crippen LogP contribution in [-0.4, -0.2) is 18.1 Å². The van der Waals surface area contributed by atoms with Crippen molar-refractivity contribution in [1.82, 2.24) is 10.3 Å². The average Bonchev–Trinajstić information content (AvgIpc) is 2.71. The van der Waals surface area contributed by atoms with E-state index in [4.69, 9.17) is 5.73 Å². The Morgan fingerprint density at radius 1 is 1.54 bits per heavy atom. The minimum atomic E-state index is 0.155. The van der Waals surface area contributed by atoms with Crippen LogP contribution in [0.4, 0.5) is 0 Å². The van der Waals surface area contributed by atoms with Gasteiger partial charge in [-0.1, -0.05) is 0 Å². The molecule has 1 fully saturated rings. The first-order valence-corrected chi connectivity index (χ1v) is 5.61. The lowest BCUT2D eigenvalue weighted by Gasteiger charge is -2.26. The van der Waals surface area contributed by atoms with Crippen LogP contribution in [0.25, 0.3) is 0 Å². The van der Waals surface area contributed by atoms with Crippen LogP contribution in [0.1, 0.15) is 23.9 Å². The summed E-state index contributed by atoms with van der Waals surface area (Å²) in [5, 5.41) is 6.43. The van der Waals surface area contributed by atoms with Crippen LogP contribution in [0.2, 0.25) is 0 Å². The molecule has 1 aliphatic heterocycles. The molecule has 1 atom stereocenters. The molecule has 3 nitrogen and oxygen atoms in total. The zero-order valence-corrected chi connectivity index (χ0v) is 8.39. The lowest BCUT2D eigenvalue weighted by atomic mass is 9.91. The second kappa shape index (κ2) is 4.17. The zero-order valence-electron chi connectivity index (χ0n) is 7.57. The highest BCUT2D eigenvalue weighted by atomic mass is 32.1. The molecule has 0 saturated carbocycles. The van der Waals surface area contributed by atoms with E-state index < -0.39 is 0 Å². The van der Waals surface area contributed by atoms with E-state index in [1.165, 1.54) is 12.8 Å². The standard InChI is InChI=1S/C9H15N3S/c10-8(9-12-5-6-13-9)7-1-3-11-4-2-7/h5-8,11H,1-4,10H2. The fourth-order valence-electron chi connectivity index (χ4n) is 1.80. The van der Waals surface area contributed by atoms with Gasteiger partial charge in [0.1, 0.15) is 5.01 Å². The van der Waals surface area contributed by atoms with E-state index in [-0.39, 0.29) is 6.04 Å². The Kier molecular flexibility index (Phi) is 2.93. The van der Waals surface area contributed by atoms with Gasteiger partial charge in [0.05, 0.1) is 6.04 Å². The minimum absolute atomic E-state index is 0.155. The summed E-state index contributed by atoms with van der Waals surface area (Å²) in [4.78, 5) is 4.26. The Morgan fingerprint density at radius 3 is 2.92 bits per heavy atom. The summed E-state index contributed by atoms with van der Waals surface area (Å²) >= 11 is 1.67. The van der Waals surface area contributed by atoms with Gasteiger partial charge in [0.15, 0.2) is 0 Å². The number of hydrogen-bond acceptors (Lipinski definition) is 4. The predicted octanol–water partition coefficient (Wildman–Crippen LogP) is 1.14. The molecular formula is C9H15N3S. The maximum absolute atomic E-state index is 6.13. The quantitative estimate of drug-likeness (QED) is 0.747. The van der Waals surface area contributed by atoms with Crippen molar-refractivity contribution in [1.29, 1.82) is 0 Å². The molecule has 2 heterocycles. The van der Waals surface area contributed by atoms with Crippen LogP contribution < -0.4 is 11.1 Å². The predicted molar refractivity (Wildman–Crippen MR) is 54.6 cm³/mol. The summed E-state index contributed by atoms with van der Waals surface area (Å²) in [6.45, 7) is 2.20. The molecule has 4 heteroatoms. The molecule has 1 aromatic heterocycles. The topological polar surface area (TPSA) is 50.9 Å². The molecule has 1 unspecified atom stereocenters. The van der Waals surface area contributed by atoms with E-state index >= 15 is 0 Å². The largest absolute Gasteiger partial charge is 0.322 e. The van der Waals surface area contributed by atoms with Gasteiger partial charge in [-0.3, -0.25) is 0 Å². The molecule has 3 N–H and O–H groups in total. The highest BCUT2D eigenvalue weighted by molar-refractivity contribution is 7.09. The van der Waals surface area contributed by atoms with Crippen molar-refractivity contribution >= 4 is 11.3 Å². The third kappa shape index (κ3) is 2.07. The van der Waals surface area contributed by atoms with Gasteiger partial charge in [-0.2, -0.15) is 0 Å². The molecular weight excluding hydrogens is 182 g/mol. The number of rotatable bonds is 2. The van der Waals surface area contributed by atoms with Crippen LogP contribution in [0, 0.1) is 5.92 Å². The highest BCUT2D eigenvalue weighted by Crippen LogP contribution is 2.27. The molecule has 0 spiro atoms. The monoisotopic (exact) mass is 197 g/mol. The first-order chi connectivity index (χ1) is 6.38. The summed E-state index contributed by atoms with van der Waals surface area (Å²) in [5.74, 6) is 0.618. The van der Waals surface area contributed by atoms with E-state index in [1.807, 2.05) is 11.6 Å². The van der Waals surface area contributed by atoms with Crippen LogP contribution in [0.3, 0.4) is 0 Å². The number of aromatic nitrogens is 1. The van der Waals surface area contributed by atoms with E-state index in [0.29, 0.717) is 5.92 Å². The molecule has 72 valence electrons. The summed E-state index contributed by atoms with van der Waals surface area (Å²) < 4.78 is 0. The van der Waals surface area contributed by atoms with Crippen molar-refractivity contribution < 1.29 is 0 Å². The third-order valence-electron chi connectivity index (χ3n) is 2.63. The number of nitrogens with zero attached hydrogens (tertiary/aromatic N) is 1. The van der Waals surface area contributed by atoms with Gasteiger partial charge < -0.3 is 11.1 Å². The van der Waals surface area contributed by atoms with Crippen molar-refractivity contribution in [3.05, 3.63) is 16.6 Å². The second-order valence-corrected chi connectivity index (χ2v) is 4.41. The third-order valence-corrected chi connectivity index (χ3v) is 3.51. The van der Waals surface area contributed by atoms with E-state index in [1.54, 1.807) is 11.3 Å². The van der Waals surface area contributed by atoms with Gasteiger partial charge in [0.2, 0.25) is 0 Å². The molecule has 1 aromatic rings. The zero-order chi connectivity index (χ0) is 9.10. The Morgan fingerprint density at radius 2 is 2.31 bits per heavy atom. The van der Waals surface area contributed by atoms with Crippen LogP contribution in [0.15, 0.2) is 11.6 Å². The average molecular weight is 197 g/mol. The fraction of sp³-hybridized carbons (Fsp3) is 0.667. The Labute approximate surface area is 82.4 Å². The molecule has 0 aliphatic carbocycles. The highest BCUT2D eigenvalue weighted by Gasteiger charge is 2.22. The summed E-state index contributed by atoms with van der Waals surface area (Å²) in [5.41, 5.74) is 6.13. The van der Waals surface area contributed by atoms with Gasteiger partial charge in [-0.05, 0) is 31.8 Å². The summed E-state index contributed by atoms with van der Waals surface area (Å²) in [6.07, 6.45) is 4.20. The Bertz CT molecular complexity index is 241. The number of nitrogens with one attached hydrogen (secondary N) is 1. The smallest absolute Gasteiger partial charge is 0.110 e. The second-order valence-electron chi connectivity index (χ2n) is 3.48. The van der Waals surface area contributed by atoms with Crippen LogP contribution in [-0.2, 0) is 0 Å².